The van der Waals surface area contributed by atoms with Crippen molar-refractivity contribution >= 4 is 23.4 Å². The minimum absolute atomic E-state index is 0.522. The molecule has 0 spiro atoms. The number of benzene rings is 2. The lowest BCUT2D eigenvalue weighted by Crippen LogP contribution is -2.17. The molecule has 1 aromatic heterocycles. The molecule has 0 aliphatic heterocycles. The van der Waals surface area contributed by atoms with Gasteiger partial charge in [0, 0.05) is 35.6 Å². The average Bonchev–Trinajstić information content (AvgIpc) is 2.86. The van der Waals surface area contributed by atoms with E-state index in [9.17, 15) is 4.79 Å². The van der Waals surface area contributed by atoms with Crippen LogP contribution in [-0.4, -0.2) is 10.7 Å². The largest absolute Gasteiger partial charge is 0.417 e. The number of nitrogens with one attached hydrogen (secondary N) is 1. The van der Waals surface area contributed by atoms with Gasteiger partial charge in [0.25, 0.3) is 0 Å². The van der Waals surface area contributed by atoms with Gasteiger partial charge in [-0.3, -0.25) is 5.32 Å². The number of nitrogens with zero attached hydrogens (tertiary/aromatic N) is 1. The summed E-state index contributed by atoms with van der Waals surface area (Å²) in [5.41, 5.74) is 3.44. The summed E-state index contributed by atoms with van der Waals surface area (Å²) in [6.45, 7) is 1.89. The summed E-state index contributed by atoms with van der Waals surface area (Å²) in [6.07, 6.45) is 3.13. The smallest absolute Gasteiger partial charge is 0.408 e. The Hall–Kier alpha value is -2.72. The first-order valence-electron chi connectivity index (χ1n) is 7.49. The Labute approximate surface area is 145 Å². The van der Waals surface area contributed by atoms with Crippen LogP contribution < -0.4 is 10.1 Å². The lowest BCUT2D eigenvalue weighted by atomic mass is 10.0. The van der Waals surface area contributed by atoms with Gasteiger partial charge in [-0.05, 0) is 30.7 Å². The molecule has 0 aliphatic carbocycles. The number of anilines is 1. The van der Waals surface area contributed by atoms with E-state index in [1.165, 1.54) is 0 Å². The minimum atomic E-state index is -0.522. The molecule has 0 unspecified atom stereocenters. The number of ether oxygens (including phenoxy) is 1. The summed E-state index contributed by atoms with van der Waals surface area (Å²) in [5.74, 6) is 0.541. The Morgan fingerprint density at radius 1 is 1.08 bits per heavy atom. The van der Waals surface area contributed by atoms with E-state index in [0.29, 0.717) is 16.5 Å². The minimum Gasteiger partial charge on any atom is -0.408 e. The number of aromatic nitrogens is 1. The summed E-state index contributed by atoms with van der Waals surface area (Å²) in [7, 11) is 1.88. The maximum atomic E-state index is 12.2. The van der Waals surface area contributed by atoms with Gasteiger partial charge in [-0.1, -0.05) is 41.9 Å². The van der Waals surface area contributed by atoms with Crippen LogP contribution in [0.3, 0.4) is 0 Å². The summed E-state index contributed by atoms with van der Waals surface area (Å²) in [5, 5.41) is 3.47. The van der Waals surface area contributed by atoms with Crippen molar-refractivity contribution in [2.45, 2.75) is 6.92 Å². The molecule has 0 saturated heterocycles. The fraction of sp³-hybridized carbons (Fsp3) is 0.105. The number of halogens is 1. The van der Waals surface area contributed by atoms with Gasteiger partial charge >= 0.3 is 6.09 Å². The summed E-state index contributed by atoms with van der Waals surface area (Å²) < 4.78 is 7.23. The van der Waals surface area contributed by atoms with Gasteiger partial charge in [-0.25, -0.2) is 4.79 Å². The predicted octanol–water partition coefficient (Wildman–Crippen LogP) is 5.26. The topological polar surface area (TPSA) is 43.3 Å². The van der Waals surface area contributed by atoms with Crippen molar-refractivity contribution in [1.82, 2.24) is 4.57 Å². The number of hydrogen-bond donors (Lipinski definition) is 1. The van der Waals surface area contributed by atoms with Crippen LogP contribution >= 0.6 is 11.6 Å². The lowest BCUT2D eigenvalue weighted by molar-refractivity contribution is 0.215. The normalized spacial score (nSPS) is 10.5. The van der Waals surface area contributed by atoms with Gasteiger partial charge < -0.3 is 9.30 Å². The molecule has 0 bridgehead atoms. The molecule has 1 N–H and O–H groups in total. The predicted molar refractivity (Wildman–Crippen MR) is 96.7 cm³/mol. The van der Waals surface area contributed by atoms with Gasteiger partial charge in [0.05, 0.1) is 5.69 Å². The number of aryl methyl sites for hydroxylation is 2. The van der Waals surface area contributed by atoms with Crippen molar-refractivity contribution in [2.24, 2.45) is 7.05 Å². The van der Waals surface area contributed by atoms with Crippen LogP contribution in [0.15, 0.2) is 60.9 Å². The maximum absolute atomic E-state index is 12.2. The van der Waals surface area contributed by atoms with Gasteiger partial charge in [0.15, 0.2) is 5.75 Å². The highest BCUT2D eigenvalue weighted by molar-refractivity contribution is 6.30. The van der Waals surface area contributed by atoms with Gasteiger partial charge in [-0.15, -0.1) is 0 Å². The molecule has 3 aromatic rings. The zero-order chi connectivity index (χ0) is 17.1. The molecule has 122 valence electrons. The molecule has 0 atom stereocenters. The number of rotatable bonds is 3. The molecule has 0 aliphatic rings. The van der Waals surface area contributed by atoms with Gasteiger partial charge in [0.1, 0.15) is 0 Å². The van der Waals surface area contributed by atoms with Crippen LogP contribution in [0.4, 0.5) is 10.5 Å². The quantitative estimate of drug-likeness (QED) is 0.706. The highest BCUT2D eigenvalue weighted by Gasteiger charge is 2.12. The molecule has 1 amide bonds. The van der Waals surface area contributed by atoms with Crippen LogP contribution in [0.25, 0.3) is 11.1 Å². The molecule has 0 saturated carbocycles. The SMILES string of the molecule is Cc1cn(C)cc1OC(=O)Nc1ccccc1-c1ccc(Cl)cc1. The van der Waals surface area contributed by atoms with E-state index in [0.717, 1.165) is 16.7 Å². The van der Waals surface area contributed by atoms with Crippen LogP contribution in [0, 0.1) is 6.92 Å². The third kappa shape index (κ3) is 3.60. The molecule has 4 nitrogen and oxygen atoms in total. The Kier molecular flexibility index (Phi) is 4.58. The number of carbonyl (C=O) groups excluding carboxylic acids is 1. The molecular formula is C19H17ClN2O2. The molecule has 5 heteroatoms. The van der Waals surface area contributed by atoms with E-state index in [1.54, 1.807) is 6.20 Å². The van der Waals surface area contributed by atoms with Crippen molar-refractivity contribution in [2.75, 3.05) is 5.32 Å². The first-order chi connectivity index (χ1) is 11.5. The monoisotopic (exact) mass is 340 g/mol. The van der Waals surface area contributed by atoms with Crippen molar-refractivity contribution in [1.29, 1.82) is 0 Å². The average molecular weight is 341 g/mol. The number of carbonyl (C=O) groups is 1. The van der Waals surface area contributed by atoms with E-state index in [2.05, 4.69) is 5.32 Å². The fourth-order valence-corrected chi connectivity index (χ4v) is 2.63. The summed E-state index contributed by atoms with van der Waals surface area (Å²) in [4.78, 5) is 12.2. The molecule has 1 heterocycles. The number of hydrogen-bond acceptors (Lipinski definition) is 2. The molecule has 3 rings (SSSR count). The van der Waals surface area contributed by atoms with Crippen LogP contribution in [0.5, 0.6) is 5.75 Å². The first kappa shape index (κ1) is 16.1. The van der Waals surface area contributed by atoms with E-state index >= 15 is 0 Å². The molecule has 24 heavy (non-hydrogen) atoms. The first-order valence-corrected chi connectivity index (χ1v) is 7.87. The zero-order valence-corrected chi connectivity index (χ0v) is 14.2. The van der Waals surface area contributed by atoms with Crippen molar-refractivity contribution in [3.63, 3.8) is 0 Å². The highest BCUT2D eigenvalue weighted by atomic mass is 35.5. The van der Waals surface area contributed by atoms with Crippen molar-refractivity contribution in [3.05, 3.63) is 71.5 Å². The zero-order valence-electron chi connectivity index (χ0n) is 13.4. The Bertz CT molecular complexity index is 869. The third-order valence-electron chi connectivity index (χ3n) is 3.63. The third-order valence-corrected chi connectivity index (χ3v) is 3.88. The number of amides is 1. The second-order valence-corrected chi connectivity index (χ2v) is 5.97. The second-order valence-electron chi connectivity index (χ2n) is 5.54. The number of para-hydroxylation sites is 1. The lowest BCUT2D eigenvalue weighted by Gasteiger charge is -2.11. The van der Waals surface area contributed by atoms with Crippen molar-refractivity contribution < 1.29 is 9.53 Å². The molecule has 0 fully saturated rings. The van der Waals surface area contributed by atoms with Gasteiger partial charge in [-0.2, -0.15) is 0 Å². The Morgan fingerprint density at radius 3 is 2.46 bits per heavy atom. The van der Waals surface area contributed by atoms with Crippen LogP contribution in [0.1, 0.15) is 5.56 Å². The van der Waals surface area contributed by atoms with Gasteiger partial charge in [0.2, 0.25) is 0 Å². The maximum Gasteiger partial charge on any atom is 0.417 e. The standard InChI is InChI=1S/C19H17ClN2O2/c1-13-11-22(2)12-18(13)24-19(23)21-17-6-4-3-5-16(17)14-7-9-15(20)10-8-14/h3-12H,1-2H3,(H,21,23). The van der Waals surface area contributed by atoms with Crippen LogP contribution in [0.2, 0.25) is 5.02 Å². The van der Waals surface area contributed by atoms with Crippen molar-refractivity contribution in [3.8, 4) is 16.9 Å². The molecular weight excluding hydrogens is 324 g/mol. The summed E-state index contributed by atoms with van der Waals surface area (Å²) in [6, 6.07) is 15.0. The fourth-order valence-electron chi connectivity index (χ4n) is 2.51. The van der Waals surface area contributed by atoms with E-state index in [-0.39, 0.29) is 0 Å². The second kappa shape index (κ2) is 6.81. The molecule has 0 radical (unpaired) electrons. The Balaban J connectivity index is 1.81. The summed E-state index contributed by atoms with van der Waals surface area (Å²) >= 11 is 5.94. The van der Waals surface area contributed by atoms with E-state index in [1.807, 2.05) is 73.3 Å². The van der Waals surface area contributed by atoms with E-state index < -0.39 is 6.09 Å². The molecule has 2 aromatic carbocycles. The highest BCUT2D eigenvalue weighted by Crippen LogP contribution is 2.29. The Morgan fingerprint density at radius 2 is 1.79 bits per heavy atom. The van der Waals surface area contributed by atoms with E-state index in [4.69, 9.17) is 16.3 Å². The van der Waals surface area contributed by atoms with Crippen LogP contribution in [-0.2, 0) is 7.05 Å².